The highest BCUT2D eigenvalue weighted by Crippen LogP contribution is 2.40. The van der Waals surface area contributed by atoms with Gasteiger partial charge >= 0.3 is 11.9 Å². The summed E-state index contributed by atoms with van der Waals surface area (Å²) in [5.41, 5.74) is 1.01. The highest BCUT2D eigenvalue weighted by atomic mass is 16.4. The first kappa shape index (κ1) is 25.0. The summed E-state index contributed by atoms with van der Waals surface area (Å²) >= 11 is 0. The summed E-state index contributed by atoms with van der Waals surface area (Å²) in [7, 11) is 0. The first-order valence-electron chi connectivity index (χ1n) is 12.2. The van der Waals surface area contributed by atoms with Crippen LogP contribution in [0.2, 0.25) is 0 Å². The number of likely N-dealkylation sites (tertiary alicyclic amines) is 1. The molecule has 7 heteroatoms. The molecule has 1 aromatic carbocycles. The number of carbonyl (C=O) groups excluding carboxylic acids is 1. The highest BCUT2D eigenvalue weighted by molar-refractivity contribution is 5.95. The molecular weight excluding hydrogens is 420 g/mol. The minimum absolute atomic E-state index is 0.223. The third kappa shape index (κ3) is 6.67. The Morgan fingerprint density at radius 2 is 1.39 bits per heavy atom. The molecule has 3 aliphatic rings. The summed E-state index contributed by atoms with van der Waals surface area (Å²) < 4.78 is 0. The van der Waals surface area contributed by atoms with Gasteiger partial charge in [0.2, 0.25) is 0 Å². The molecule has 1 spiro atoms. The molecule has 3 fully saturated rings. The fraction of sp³-hybridized carbons (Fsp3) is 0.577. The van der Waals surface area contributed by atoms with Gasteiger partial charge in [-0.15, -0.1) is 0 Å². The average molecular weight is 457 g/mol. The molecule has 0 bridgehead atoms. The van der Waals surface area contributed by atoms with Gasteiger partial charge in [0.15, 0.2) is 5.78 Å². The molecule has 0 atom stereocenters. The van der Waals surface area contributed by atoms with Crippen molar-refractivity contribution in [3.8, 4) is 0 Å². The van der Waals surface area contributed by atoms with Crippen LogP contribution in [0.15, 0.2) is 42.5 Å². The van der Waals surface area contributed by atoms with Crippen molar-refractivity contribution in [2.24, 2.45) is 0 Å². The number of nitrogens with zero attached hydrogens (tertiary/aromatic N) is 2. The number of Topliss-reactive ketones (excluding diaryl/α,β-unsaturated/α-hetero) is 1. The van der Waals surface area contributed by atoms with Gasteiger partial charge < -0.3 is 20.0 Å². The number of anilines is 1. The van der Waals surface area contributed by atoms with Crippen LogP contribution >= 0.6 is 0 Å². The van der Waals surface area contributed by atoms with Crippen molar-refractivity contribution < 1.29 is 24.6 Å². The van der Waals surface area contributed by atoms with Crippen molar-refractivity contribution in [2.75, 3.05) is 24.5 Å². The number of hydrogen-bond donors (Lipinski definition) is 2. The van der Waals surface area contributed by atoms with E-state index < -0.39 is 11.9 Å². The summed E-state index contributed by atoms with van der Waals surface area (Å²) in [4.78, 5) is 37.1. The van der Waals surface area contributed by atoms with Crippen molar-refractivity contribution >= 4 is 23.4 Å². The Bertz CT molecular complexity index is 806. The van der Waals surface area contributed by atoms with Crippen LogP contribution in [0.3, 0.4) is 0 Å². The minimum atomic E-state index is -1.26. The van der Waals surface area contributed by atoms with E-state index >= 15 is 0 Å². The Morgan fingerprint density at radius 1 is 0.848 bits per heavy atom. The van der Waals surface area contributed by atoms with Crippen LogP contribution in [-0.2, 0) is 14.4 Å². The van der Waals surface area contributed by atoms with Crippen molar-refractivity contribution in [1.82, 2.24) is 4.90 Å². The van der Waals surface area contributed by atoms with E-state index in [2.05, 4.69) is 40.1 Å². The second-order valence-electron chi connectivity index (χ2n) is 9.24. The van der Waals surface area contributed by atoms with Gasteiger partial charge in [-0.2, -0.15) is 0 Å². The van der Waals surface area contributed by atoms with Gasteiger partial charge in [-0.3, -0.25) is 4.79 Å². The Balaban J connectivity index is 0.000000331. The maximum Gasteiger partial charge on any atom is 0.328 e. The summed E-state index contributed by atoms with van der Waals surface area (Å²) in [6, 6.07) is 11.3. The SMILES string of the molecule is O=C(O)/C=C/C(=O)O.O=C1CCN(c2ccccc2)C12CCN(C1CCCCCCC1)CC2. The normalized spacial score (nSPS) is 21.9. The highest BCUT2D eigenvalue weighted by Gasteiger charge is 2.50. The zero-order valence-corrected chi connectivity index (χ0v) is 19.3. The van der Waals surface area contributed by atoms with E-state index in [0.29, 0.717) is 17.9 Å². The molecule has 2 aliphatic heterocycles. The molecular formula is C26H36N2O5. The van der Waals surface area contributed by atoms with Crippen LogP contribution in [0, 0.1) is 0 Å². The Morgan fingerprint density at radius 3 is 1.94 bits per heavy atom. The van der Waals surface area contributed by atoms with Gasteiger partial charge in [-0.25, -0.2) is 9.59 Å². The third-order valence-corrected chi connectivity index (χ3v) is 7.25. The number of para-hydroxylation sites is 1. The molecule has 1 aliphatic carbocycles. The van der Waals surface area contributed by atoms with Crippen molar-refractivity contribution in [3.63, 3.8) is 0 Å². The maximum absolute atomic E-state index is 12.9. The van der Waals surface area contributed by atoms with E-state index in [1.54, 1.807) is 0 Å². The van der Waals surface area contributed by atoms with Gasteiger partial charge in [0, 0.05) is 49.9 Å². The smallest absolute Gasteiger partial charge is 0.328 e. The second-order valence-corrected chi connectivity index (χ2v) is 9.24. The third-order valence-electron chi connectivity index (χ3n) is 7.25. The summed E-state index contributed by atoms with van der Waals surface area (Å²) in [5, 5.41) is 15.6. The lowest BCUT2D eigenvalue weighted by molar-refractivity contribution is -0.134. The fourth-order valence-corrected chi connectivity index (χ4v) is 5.54. The lowest BCUT2D eigenvalue weighted by atomic mass is 9.82. The molecule has 33 heavy (non-hydrogen) atoms. The zero-order valence-electron chi connectivity index (χ0n) is 19.3. The number of carboxylic acid groups (broad SMARTS) is 2. The van der Waals surface area contributed by atoms with Crippen LogP contribution in [0.5, 0.6) is 0 Å². The van der Waals surface area contributed by atoms with Gasteiger partial charge in [0.05, 0.1) is 0 Å². The average Bonchev–Trinajstić information content (AvgIpc) is 3.09. The molecule has 7 nitrogen and oxygen atoms in total. The lowest BCUT2D eigenvalue weighted by Gasteiger charge is -2.47. The van der Waals surface area contributed by atoms with Gasteiger partial charge in [0.25, 0.3) is 0 Å². The van der Waals surface area contributed by atoms with Gasteiger partial charge in [-0.1, -0.05) is 50.3 Å². The number of hydrogen-bond acceptors (Lipinski definition) is 5. The topological polar surface area (TPSA) is 98.1 Å². The predicted molar refractivity (Wildman–Crippen MR) is 127 cm³/mol. The maximum atomic E-state index is 12.9. The molecule has 180 valence electrons. The van der Waals surface area contributed by atoms with E-state index in [9.17, 15) is 14.4 Å². The largest absolute Gasteiger partial charge is 0.478 e. The van der Waals surface area contributed by atoms with Crippen LogP contribution in [0.25, 0.3) is 0 Å². The zero-order chi connectivity index (χ0) is 23.7. The molecule has 0 amide bonds. The van der Waals surface area contributed by atoms with Crippen molar-refractivity contribution in [3.05, 3.63) is 42.5 Å². The molecule has 2 N–H and O–H groups in total. The summed E-state index contributed by atoms with van der Waals surface area (Å²) in [6.07, 6.45) is 13.6. The number of aliphatic carboxylic acids is 2. The standard InChI is InChI=1S/C22H32N2O.C4H4O4/c25-21-13-16-24(20-11-7-4-8-12-20)22(21)14-17-23(18-15-22)19-9-5-2-1-3-6-10-19;5-3(6)1-2-4(7)8/h4,7-8,11-12,19H,1-3,5-6,9-10,13-18H2;1-2H,(H,5,6)(H,7,8)/b;2-1+. The first-order valence-corrected chi connectivity index (χ1v) is 12.2. The molecule has 4 rings (SSSR count). The number of rotatable bonds is 4. The number of piperidine rings is 1. The Labute approximate surface area is 196 Å². The lowest BCUT2D eigenvalue weighted by Crippen LogP contribution is -2.57. The fourth-order valence-electron chi connectivity index (χ4n) is 5.54. The molecule has 0 radical (unpaired) electrons. The van der Waals surface area contributed by atoms with E-state index in [-0.39, 0.29) is 5.54 Å². The van der Waals surface area contributed by atoms with Gasteiger partial charge in [0.1, 0.15) is 5.54 Å². The monoisotopic (exact) mass is 456 g/mol. The summed E-state index contributed by atoms with van der Waals surface area (Å²) in [6.45, 7) is 3.09. The van der Waals surface area contributed by atoms with Crippen LogP contribution in [0.1, 0.15) is 64.2 Å². The van der Waals surface area contributed by atoms with E-state index in [0.717, 1.165) is 44.9 Å². The summed E-state index contributed by atoms with van der Waals surface area (Å²) in [5.74, 6) is -2.03. The predicted octanol–water partition coefficient (Wildman–Crippen LogP) is 4.13. The number of ketones is 1. The molecule has 2 heterocycles. The van der Waals surface area contributed by atoms with Crippen LogP contribution in [-0.4, -0.2) is 64.0 Å². The Kier molecular flexibility index (Phi) is 9.06. The van der Waals surface area contributed by atoms with E-state index in [1.165, 1.54) is 50.6 Å². The quantitative estimate of drug-likeness (QED) is 0.658. The first-order chi connectivity index (χ1) is 15.9. The Hall–Kier alpha value is -2.67. The molecule has 1 saturated carbocycles. The van der Waals surface area contributed by atoms with Crippen LogP contribution in [0.4, 0.5) is 5.69 Å². The number of benzene rings is 1. The molecule has 0 unspecified atom stereocenters. The van der Waals surface area contributed by atoms with Crippen LogP contribution < -0.4 is 4.90 Å². The van der Waals surface area contributed by atoms with Crippen molar-refractivity contribution in [2.45, 2.75) is 75.8 Å². The number of carbonyl (C=O) groups is 3. The van der Waals surface area contributed by atoms with Gasteiger partial charge in [-0.05, 0) is 37.8 Å². The van der Waals surface area contributed by atoms with E-state index in [1.807, 2.05) is 0 Å². The molecule has 2 saturated heterocycles. The second kappa shape index (κ2) is 12.0. The molecule has 1 aromatic rings. The van der Waals surface area contributed by atoms with E-state index in [4.69, 9.17) is 10.2 Å². The minimum Gasteiger partial charge on any atom is -0.478 e. The van der Waals surface area contributed by atoms with Crippen molar-refractivity contribution in [1.29, 1.82) is 0 Å². The molecule has 0 aromatic heterocycles. The number of carboxylic acids is 2.